The number of rotatable bonds is 6. The van der Waals surface area contributed by atoms with Gasteiger partial charge >= 0.3 is 0 Å². The number of nitrogens with zero attached hydrogens (tertiary/aromatic N) is 1. The minimum Gasteiger partial charge on any atom is -0.487 e. The standard InChI is InChI=1S/C18H22N2O/c1-13-3-8-18(9-14(13)2)21-12-17-5-4-15(11-20-17)10-19-16-6-7-16/h3-5,8-9,11,16,19H,6-7,10,12H2,1-2H3. The van der Waals surface area contributed by atoms with Gasteiger partial charge in [-0.25, -0.2) is 0 Å². The smallest absolute Gasteiger partial charge is 0.130 e. The molecule has 0 radical (unpaired) electrons. The summed E-state index contributed by atoms with van der Waals surface area (Å²) in [5.41, 5.74) is 4.73. The molecule has 1 fully saturated rings. The number of hydrogen-bond acceptors (Lipinski definition) is 3. The predicted molar refractivity (Wildman–Crippen MR) is 84.3 cm³/mol. The van der Waals surface area contributed by atoms with Crippen molar-refractivity contribution in [1.82, 2.24) is 10.3 Å². The van der Waals surface area contributed by atoms with Crippen molar-refractivity contribution in [3.8, 4) is 5.75 Å². The number of nitrogens with one attached hydrogen (secondary N) is 1. The fraction of sp³-hybridized carbons (Fsp3) is 0.389. The lowest BCUT2D eigenvalue weighted by molar-refractivity contribution is 0.301. The van der Waals surface area contributed by atoms with Crippen LogP contribution in [0.2, 0.25) is 0 Å². The van der Waals surface area contributed by atoms with Gasteiger partial charge in [0.1, 0.15) is 12.4 Å². The molecule has 3 heteroatoms. The molecule has 21 heavy (non-hydrogen) atoms. The second-order valence-electron chi connectivity index (χ2n) is 5.85. The van der Waals surface area contributed by atoms with Gasteiger partial charge in [-0.15, -0.1) is 0 Å². The van der Waals surface area contributed by atoms with Crippen LogP contribution >= 0.6 is 0 Å². The summed E-state index contributed by atoms with van der Waals surface area (Å²) in [7, 11) is 0. The topological polar surface area (TPSA) is 34.1 Å². The average molecular weight is 282 g/mol. The largest absolute Gasteiger partial charge is 0.487 e. The predicted octanol–water partition coefficient (Wildman–Crippen LogP) is 3.53. The zero-order valence-electron chi connectivity index (χ0n) is 12.7. The molecule has 0 amide bonds. The van der Waals surface area contributed by atoms with Crippen LogP contribution in [0.25, 0.3) is 0 Å². The Hall–Kier alpha value is -1.87. The Morgan fingerprint density at radius 2 is 2.00 bits per heavy atom. The van der Waals surface area contributed by atoms with E-state index in [0.29, 0.717) is 6.61 Å². The van der Waals surface area contributed by atoms with Gasteiger partial charge in [0.15, 0.2) is 0 Å². The van der Waals surface area contributed by atoms with Crippen molar-refractivity contribution in [3.05, 3.63) is 58.9 Å². The molecule has 0 unspecified atom stereocenters. The van der Waals surface area contributed by atoms with Gasteiger partial charge < -0.3 is 10.1 Å². The van der Waals surface area contributed by atoms with Gasteiger partial charge in [0.05, 0.1) is 5.69 Å². The molecule has 0 atom stereocenters. The van der Waals surface area contributed by atoms with Crippen molar-refractivity contribution in [1.29, 1.82) is 0 Å². The first kappa shape index (κ1) is 14.1. The fourth-order valence-electron chi connectivity index (χ4n) is 2.16. The Balaban J connectivity index is 1.53. The van der Waals surface area contributed by atoms with Crippen molar-refractivity contribution >= 4 is 0 Å². The highest BCUT2D eigenvalue weighted by molar-refractivity contribution is 5.33. The second-order valence-corrected chi connectivity index (χ2v) is 5.85. The Morgan fingerprint density at radius 3 is 2.67 bits per heavy atom. The number of ether oxygens (including phenoxy) is 1. The van der Waals surface area contributed by atoms with Crippen molar-refractivity contribution in [2.75, 3.05) is 0 Å². The monoisotopic (exact) mass is 282 g/mol. The van der Waals surface area contributed by atoms with Crippen LogP contribution in [0.4, 0.5) is 0 Å². The summed E-state index contributed by atoms with van der Waals surface area (Å²) in [5, 5.41) is 3.49. The van der Waals surface area contributed by atoms with Crippen LogP contribution in [0.1, 0.15) is 35.2 Å². The maximum atomic E-state index is 5.80. The van der Waals surface area contributed by atoms with Crippen LogP contribution in [0, 0.1) is 13.8 Å². The number of pyridine rings is 1. The molecule has 1 saturated carbocycles. The van der Waals surface area contributed by atoms with Gasteiger partial charge in [0.2, 0.25) is 0 Å². The lowest BCUT2D eigenvalue weighted by Gasteiger charge is -2.08. The highest BCUT2D eigenvalue weighted by atomic mass is 16.5. The molecule has 0 spiro atoms. The second kappa shape index (κ2) is 6.27. The van der Waals surface area contributed by atoms with E-state index in [1.807, 2.05) is 18.3 Å². The summed E-state index contributed by atoms with van der Waals surface area (Å²) in [6, 6.07) is 11.1. The summed E-state index contributed by atoms with van der Waals surface area (Å²) < 4.78 is 5.80. The maximum absolute atomic E-state index is 5.80. The number of benzene rings is 1. The van der Waals surface area contributed by atoms with Crippen molar-refractivity contribution < 1.29 is 4.74 Å². The first-order valence-corrected chi connectivity index (χ1v) is 7.58. The summed E-state index contributed by atoms with van der Waals surface area (Å²) in [4.78, 5) is 4.47. The lowest BCUT2D eigenvalue weighted by Crippen LogP contribution is -2.15. The average Bonchev–Trinajstić information content (AvgIpc) is 3.32. The molecule has 1 aromatic carbocycles. The van der Waals surface area contributed by atoms with E-state index in [4.69, 9.17) is 4.74 Å². The molecular formula is C18H22N2O. The Morgan fingerprint density at radius 1 is 1.14 bits per heavy atom. The summed E-state index contributed by atoms with van der Waals surface area (Å²) >= 11 is 0. The minimum atomic E-state index is 0.513. The minimum absolute atomic E-state index is 0.513. The molecule has 1 N–H and O–H groups in total. The van der Waals surface area contributed by atoms with Gasteiger partial charge in [-0.05, 0) is 61.6 Å². The van der Waals surface area contributed by atoms with E-state index >= 15 is 0 Å². The zero-order valence-corrected chi connectivity index (χ0v) is 12.7. The van der Waals surface area contributed by atoms with Crippen LogP contribution in [0.15, 0.2) is 36.5 Å². The van der Waals surface area contributed by atoms with Crippen molar-refractivity contribution in [2.24, 2.45) is 0 Å². The Kier molecular flexibility index (Phi) is 4.20. The Labute approximate surface area is 126 Å². The van der Waals surface area contributed by atoms with Crippen LogP contribution in [0.5, 0.6) is 5.75 Å². The molecule has 0 aliphatic heterocycles. The van der Waals surface area contributed by atoms with Crippen molar-refractivity contribution in [2.45, 2.75) is 45.9 Å². The van der Waals surface area contributed by atoms with E-state index in [1.165, 1.54) is 29.5 Å². The normalized spacial score (nSPS) is 14.2. The van der Waals surface area contributed by atoms with Gasteiger partial charge in [-0.2, -0.15) is 0 Å². The van der Waals surface area contributed by atoms with Crippen LogP contribution < -0.4 is 10.1 Å². The molecule has 1 aliphatic rings. The zero-order chi connectivity index (χ0) is 14.7. The van der Waals surface area contributed by atoms with Crippen LogP contribution in [0.3, 0.4) is 0 Å². The molecule has 2 aromatic rings. The third kappa shape index (κ3) is 4.05. The highest BCUT2D eigenvalue weighted by Crippen LogP contribution is 2.19. The highest BCUT2D eigenvalue weighted by Gasteiger charge is 2.19. The van der Waals surface area contributed by atoms with Crippen LogP contribution in [-0.2, 0) is 13.2 Å². The van der Waals surface area contributed by atoms with E-state index in [9.17, 15) is 0 Å². The first-order chi connectivity index (χ1) is 10.2. The molecule has 3 rings (SSSR count). The van der Waals surface area contributed by atoms with Gasteiger partial charge in [0.25, 0.3) is 0 Å². The number of aryl methyl sites for hydroxylation is 2. The molecule has 3 nitrogen and oxygen atoms in total. The van der Waals surface area contributed by atoms with Gasteiger partial charge in [-0.1, -0.05) is 12.1 Å². The fourth-order valence-corrected chi connectivity index (χ4v) is 2.16. The van der Waals surface area contributed by atoms with Gasteiger partial charge in [-0.3, -0.25) is 4.98 Å². The molecule has 1 heterocycles. The third-order valence-electron chi connectivity index (χ3n) is 3.92. The van der Waals surface area contributed by atoms with E-state index in [1.54, 1.807) is 0 Å². The quantitative estimate of drug-likeness (QED) is 0.880. The molecule has 0 bridgehead atoms. The van der Waals surface area contributed by atoms with Crippen LogP contribution in [-0.4, -0.2) is 11.0 Å². The molecule has 110 valence electrons. The number of aromatic nitrogens is 1. The Bertz CT molecular complexity index is 603. The third-order valence-corrected chi connectivity index (χ3v) is 3.92. The number of hydrogen-bond donors (Lipinski definition) is 1. The SMILES string of the molecule is Cc1ccc(OCc2ccc(CNC3CC3)cn2)cc1C. The molecule has 0 saturated heterocycles. The van der Waals surface area contributed by atoms with E-state index in [-0.39, 0.29) is 0 Å². The van der Waals surface area contributed by atoms with Gasteiger partial charge in [0, 0.05) is 18.8 Å². The van der Waals surface area contributed by atoms with E-state index < -0.39 is 0 Å². The maximum Gasteiger partial charge on any atom is 0.130 e. The lowest BCUT2D eigenvalue weighted by atomic mass is 10.1. The molecular weight excluding hydrogens is 260 g/mol. The van der Waals surface area contributed by atoms with E-state index in [2.05, 4.69) is 42.3 Å². The summed E-state index contributed by atoms with van der Waals surface area (Å²) in [6.45, 7) is 5.63. The van der Waals surface area contributed by atoms with E-state index in [0.717, 1.165) is 24.0 Å². The molecule has 1 aromatic heterocycles. The van der Waals surface area contributed by atoms with Crippen molar-refractivity contribution in [3.63, 3.8) is 0 Å². The summed E-state index contributed by atoms with van der Waals surface area (Å²) in [6.07, 6.45) is 4.57. The molecule has 1 aliphatic carbocycles. The first-order valence-electron chi connectivity index (χ1n) is 7.58. The summed E-state index contributed by atoms with van der Waals surface area (Å²) in [5.74, 6) is 0.902.